The van der Waals surface area contributed by atoms with Crippen LogP contribution in [-0.2, 0) is 36.9 Å². The topological polar surface area (TPSA) is 124 Å². The van der Waals surface area contributed by atoms with Crippen molar-refractivity contribution in [2.45, 2.75) is 96.2 Å². The SMILES string of the molecule is CCc1ccc2ccccc2c1Cc1c(C[C@H](Cc2cc[nH]c2)[C@H](O)CC(=O)[C@H](CC2=C[CH+]N=C2)Cc2ccc(O)c(OC3CCCCC3)c2)ccc(O)c1OC. The largest absolute Gasteiger partial charge is 0.504 e. The molecule has 0 bridgehead atoms. The Bertz CT molecular complexity index is 2200. The molecule has 8 nitrogen and oxygen atoms in total. The van der Waals surface area contributed by atoms with Gasteiger partial charge in [0.15, 0.2) is 29.2 Å². The van der Waals surface area contributed by atoms with Crippen molar-refractivity contribution in [2.24, 2.45) is 16.8 Å². The zero-order valence-electron chi connectivity index (χ0n) is 33.1. The maximum absolute atomic E-state index is 14.4. The van der Waals surface area contributed by atoms with Gasteiger partial charge in [0.1, 0.15) is 17.9 Å². The summed E-state index contributed by atoms with van der Waals surface area (Å²) in [6.45, 7) is 3.89. The van der Waals surface area contributed by atoms with Crippen LogP contribution < -0.4 is 9.47 Å². The molecule has 4 N–H and O–H groups in total. The Kier molecular flexibility index (Phi) is 13.0. The molecule has 4 aromatic carbocycles. The van der Waals surface area contributed by atoms with Crippen LogP contribution in [-0.4, -0.2) is 51.6 Å². The number of phenolic OH excluding ortho intramolecular Hbond substituents is 2. The number of aromatic amines is 1. The average molecular weight is 768 g/mol. The number of hydrogen-bond acceptors (Lipinski definition) is 7. The van der Waals surface area contributed by atoms with Crippen LogP contribution in [0.15, 0.2) is 102 Å². The Morgan fingerprint density at radius 3 is 2.46 bits per heavy atom. The number of aliphatic hydroxyl groups is 1. The lowest BCUT2D eigenvalue weighted by Crippen LogP contribution is -2.31. The molecule has 296 valence electrons. The Balaban J connectivity index is 1.16. The maximum Gasteiger partial charge on any atom is 0.176 e. The van der Waals surface area contributed by atoms with E-state index in [9.17, 15) is 20.1 Å². The molecule has 0 radical (unpaired) electrons. The number of aromatic nitrogens is 1. The number of aromatic hydroxyl groups is 2. The zero-order chi connectivity index (χ0) is 39.7. The molecule has 2 heterocycles. The molecule has 1 fully saturated rings. The standard InChI is InChI=1S/C49H54N2O6/c1-3-35-14-15-36-9-7-8-12-41(36)42(35)28-43-37(16-18-45(53)49(43)56-2)27-39(25-34-20-22-51-31-34)47(55)29-46(54)38(24-33-19-21-50-30-33)23-32-13-17-44(52)48(26-32)57-40-10-5-4-6-11-40/h7-9,12-22,26,30-31,38-40,47,51,55H,3-6,10-11,23-25,27-29H2,1-2H3,(H-,52,53)/p+1/t38-,39-,47+/m0/s1. The fourth-order valence-corrected chi connectivity index (χ4v) is 8.77. The smallest absolute Gasteiger partial charge is 0.176 e. The third-order valence-electron chi connectivity index (χ3n) is 11.9. The van der Waals surface area contributed by atoms with Gasteiger partial charge in [-0.25, -0.2) is 0 Å². The number of ketones is 1. The van der Waals surface area contributed by atoms with E-state index in [1.54, 1.807) is 32.0 Å². The van der Waals surface area contributed by atoms with E-state index in [2.05, 4.69) is 47.2 Å². The van der Waals surface area contributed by atoms with Gasteiger partial charge in [0.25, 0.3) is 0 Å². The number of fused-ring (bicyclic) bond motifs is 1. The number of rotatable bonds is 18. The molecule has 57 heavy (non-hydrogen) atoms. The Morgan fingerprint density at radius 2 is 1.70 bits per heavy atom. The Morgan fingerprint density at radius 1 is 0.895 bits per heavy atom. The van der Waals surface area contributed by atoms with Gasteiger partial charge in [0.05, 0.1) is 25.4 Å². The molecule has 0 amide bonds. The van der Waals surface area contributed by atoms with E-state index in [1.165, 1.54) is 17.5 Å². The van der Waals surface area contributed by atoms with Crippen molar-refractivity contribution in [3.63, 3.8) is 0 Å². The summed E-state index contributed by atoms with van der Waals surface area (Å²) >= 11 is 0. The molecule has 2 aliphatic rings. The quantitative estimate of drug-likeness (QED) is 0.0659. The van der Waals surface area contributed by atoms with Gasteiger partial charge in [-0.1, -0.05) is 61.9 Å². The third-order valence-corrected chi connectivity index (χ3v) is 11.9. The summed E-state index contributed by atoms with van der Waals surface area (Å²) in [5, 5.41) is 36.2. The van der Waals surface area contributed by atoms with E-state index < -0.39 is 12.0 Å². The van der Waals surface area contributed by atoms with Gasteiger partial charge in [0.2, 0.25) is 0 Å². The second-order valence-electron chi connectivity index (χ2n) is 15.8. The van der Waals surface area contributed by atoms with Crippen LogP contribution in [0.3, 0.4) is 0 Å². The van der Waals surface area contributed by atoms with Gasteiger partial charge in [-0.2, -0.15) is 0 Å². The summed E-state index contributed by atoms with van der Waals surface area (Å²) in [5.41, 5.74) is 7.15. The number of carbonyl (C=O) groups is 1. The number of nitrogens with one attached hydrogen (secondary N) is 1. The highest BCUT2D eigenvalue weighted by molar-refractivity contribution is 5.88. The Hall–Kier alpha value is -5.47. The number of carbonyl (C=O) groups excluding carboxylic acids is 1. The summed E-state index contributed by atoms with van der Waals surface area (Å²) in [6, 6.07) is 23.7. The molecule has 1 aliphatic carbocycles. The normalized spacial score (nSPS) is 15.9. The number of hydrogen-bond donors (Lipinski definition) is 4. The molecule has 0 unspecified atom stereocenters. The fourth-order valence-electron chi connectivity index (χ4n) is 8.77. The summed E-state index contributed by atoms with van der Waals surface area (Å²) in [4.78, 5) is 21.8. The van der Waals surface area contributed by atoms with E-state index in [0.29, 0.717) is 43.6 Å². The molecule has 5 aromatic rings. The Labute approximate surface area is 336 Å². The number of methoxy groups -OCH3 is 1. The molecule has 1 saturated carbocycles. The number of aliphatic imine (C=N–C) groups is 1. The predicted molar refractivity (Wildman–Crippen MR) is 226 cm³/mol. The van der Waals surface area contributed by atoms with Gasteiger partial charge in [-0.3, -0.25) is 4.79 Å². The van der Waals surface area contributed by atoms with E-state index >= 15 is 0 Å². The highest BCUT2D eigenvalue weighted by Crippen LogP contribution is 2.39. The summed E-state index contributed by atoms with van der Waals surface area (Å²) in [5.74, 6) is 0.288. The molecule has 0 spiro atoms. The molecular formula is C49H55N2O6+. The number of aliphatic hydroxyl groups excluding tert-OH is 1. The molecule has 8 heteroatoms. The minimum atomic E-state index is -0.950. The molecule has 1 aromatic heterocycles. The third kappa shape index (κ3) is 9.74. The van der Waals surface area contributed by atoms with Crippen molar-refractivity contribution >= 4 is 22.8 Å². The summed E-state index contributed by atoms with van der Waals surface area (Å²) in [7, 11) is 1.58. The van der Waals surface area contributed by atoms with Gasteiger partial charge >= 0.3 is 0 Å². The second-order valence-corrected chi connectivity index (χ2v) is 15.8. The lowest BCUT2D eigenvalue weighted by molar-refractivity contribution is -0.125. The minimum absolute atomic E-state index is 0.0226. The molecule has 1 aliphatic heterocycles. The van der Waals surface area contributed by atoms with Crippen molar-refractivity contribution in [3.05, 3.63) is 137 Å². The van der Waals surface area contributed by atoms with E-state index in [0.717, 1.165) is 70.7 Å². The number of allylic oxidation sites excluding steroid dienone is 1. The number of benzene rings is 4. The van der Waals surface area contributed by atoms with Crippen LogP contribution in [0.4, 0.5) is 0 Å². The number of H-pyrrole nitrogens is 1. The highest BCUT2D eigenvalue weighted by atomic mass is 16.5. The number of aryl methyl sites for hydroxylation is 1. The number of ether oxygens (including phenoxy) is 2. The van der Waals surface area contributed by atoms with Crippen LogP contribution in [0.2, 0.25) is 0 Å². The fraction of sp³-hybridized carbons (Fsp3) is 0.367. The highest BCUT2D eigenvalue weighted by Gasteiger charge is 2.31. The first-order chi connectivity index (χ1) is 27.8. The van der Waals surface area contributed by atoms with Crippen molar-refractivity contribution in [2.75, 3.05) is 7.11 Å². The van der Waals surface area contributed by atoms with Crippen molar-refractivity contribution in [1.82, 2.24) is 4.98 Å². The van der Waals surface area contributed by atoms with Crippen molar-refractivity contribution in [3.8, 4) is 23.0 Å². The zero-order valence-corrected chi connectivity index (χ0v) is 33.1. The van der Waals surface area contributed by atoms with Crippen LogP contribution in [0, 0.1) is 18.4 Å². The number of phenols is 2. The predicted octanol–water partition coefficient (Wildman–Crippen LogP) is 9.60. The molecule has 7 rings (SSSR count). The van der Waals surface area contributed by atoms with Gasteiger partial charge in [0, 0.05) is 43.1 Å². The summed E-state index contributed by atoms with van der Waals surface area (Å²) in [6.07, 6.45) is 15.4. The van der Waals surface area contributed by atoms with Crippen molar-refractivity contribution in [1.29, 1.82) is 0 Å². The van der Waals surface area contributed by atoms with E-state index in [4.69, 9.17) is 9.47 Å². The lowest BCUT2D eigenvalue weighted by Gasteiger charge is -2.26. The van der Waals surface area contributed by atoms with Gasteiger partial charge in [-0.15, -0.1) is 4.99 Å². The molecule has 3 atom stereocenters. The first-order valence-corrected chi connectivity index (χ1v) is 20.5. The average Bonchev–Trinajstić information content (AvgIpc) is 3.95. The second kappa shape index (κ2) is 18.6. The molecular weight excluding hydrogens is 713 g/mol. The van der Waals surface area contributed by atoms with Gasteiger partial charge in [-0.05, 0) is 120 Å². The van der Waals surface area contributed by atoms with Gasteiger partial charge < -0.3 is 29.8 Å². The number of Topliss-reactive ketones (excluding diaryl/α,β-unsaturated/α-hetero) is 1. The lowest BCUT2D eigenvalue weighted by atomic mass is 9.81. The maximum atomic E-state index is 14.4. The molecule has 0 saturated heterocycles. The van der Waals surface area contributed by atoms with Crippen LogP contribution in [0.25, 0.3) is 10.8 Å². The number of nitrogens with zero attached hydrogens (tertiary/aromatic N) is 1. The van der Waals surface area contributed by atoms with E-state index in [1.807, 2.05) is 48.8 Å². The van der Waals surface area contributed by atoms with Crippen LogP contribution in [0.5, 0.6) is 23.0 Å². The summed E-state index contributed by atoms with van der Waals surface area (Å²) < 4.78 is 12.2. The minimum Gasteiger partial charge on any atom is -0.504 e. The van der Waals surface area contributed by atoms with E-state index in [-0.39, 0.29) is 35.7 Å². The first kappa shape index (κ1) is 39.8. The van der Waals surface area contributed by atoms with Crippen LogP contribution >= 0.6 is 0 Å². The monoisotopic (exact) mass is 767 g/mol. The first-order valence-electron chi connectivity index (χ1n) is 20.5. The van der Waals surface area contributed by atoms with Crippen molar-refractivity contribution < 1.29 is 29.6 Å². The van der Waals surface area contributed by atoms with Crippen LogP contribution in [0.1, 0.15) is 85.3 Å².